The number of amides is 1. The molecule has 0 radical (unpaired) electrons. The molecule has 0 heterocycles. The smallest absolute Gasteiger partial charge is 0.335 e. The molecule has 1 atom stereocenters. The van der Waals surface area contributed by atoms with E-state index in [0.717, 1.165) is 12.8 Å². The lowest BCUT2D eigenvalue weighted by Gasteiger charge is -2.14. The Bertz CT molecular complexity index is 553. The normalized spacial score (nSPS) is 12.2. The molecule has 1 rings (SSSR count). The summed E-state index contributed by atoms with van der Waals surface area (Å²) in [6.07, 6.45) is 1.64. The third-order valence-electron chi connectivity index (χ3n) is 3.32. The van der Waals surface area contributed by atoms with E-state index >= 15 is 0 Å². The third kappa shape index (κ3) is 4.97. The second-order valence-corrected chi connectivity index (χ2v) is 6.30. The molecule has 116 valence electrons. The number of hydrogen-bond donors (Lipinski definition) is 2. The van der Waals surface area contributed by atoms with Crippen LogP contribution < -0.4 is 5.32 Å². The molecule has 5 nitrogen and oxygen atoms in total. The first-order chi connectivity index (χ1) is 9.88. The number of hydrogen-bond acceptors (Lipinski definition) is 3. The van der Waals surface area contributed by atoms with E-state index in [0.29, 0.717) is 10.5 Å². The molecule has 1 aromatic carbocycles. The van der Waals surface area contributed by atoms with E-state index in [-0.39, 0.29) is 23.3 Å². The van der Waals surface area contributed by atoms with Crippen LogP contribution in [-0.4, -0.2) is 33.0 Å². The molecular formula is C15H21NO4S. The highest BCUT2D eigenvalue weighted by atomic mass is 32.2. The fraction of sp³-hybridized carbons (Fsp3) is 0.467. The molecule has 2 N–H and O–H groups in total. The van der Waals surface area contributed by atoms with Crippen LogP contribution in [-0.2, 0) is 15.6 Å². The fourth-order valence-corrected chi connectivity index (χ4v) is 2.89. The van der Waals surface area contributed by atoms with Gasteiger partial charge in [0, 0.05) is 10.9 Å². The van der Waals surface area contributed by atoms with Crippen LogP contribution in [0.4, 0.5) is 0 Å². The predicted molar refractivity (Wildman–Crippen MR) is 81.9 cm³/mol. The van der Waals surface area contributed by atoms with Gasteiger partial charge < -0.3 is 10.4 Å². The second kappa shape index (κ2) is 7.93. The maximum Gasteiger partial charge on any atom is 0.335 e. The Hall–Kier alpha value is -1.69. The molecular weight excluding hydrogens is 290 g/mol. The average molecular weight is 311 g/mol. The molecule has 0 saturated carbocycles. The number of aryl methyl sites for hydroxylation is 1. The van der Waals surface area contributed by atoms with E-state index in [1.54, 1.807) is 19.1 Å². The molecule has 0 aliphatic heterocycles. The highest BCUT2D eigenvalue weighted by Gasteiger charge is 2.15. The summed E-state index contributed by atoms with van der Waals surface area (Å²) < 4.78 is 12.2. The minimum absolute atomic E-state index is 0.0853. The Morgan fingerprint density at radius 2 is 1.90 bits per heavy atom. The summed E-state index contributed by atoms with van der Waals surface area (Å²) in [5, 5.41) is 11.9. The fourth-order valence-electron chi connectivity index (χ4n) is 1.94. The van der Waals surface area contributed by atoms with E-state index in [2.05, 4.69) is 5.32 Å². The number of benzene rings is 1. The van der Waals surface area contributed by atoms with Gasteiger partial charge in [0.25, 0.3) is 0 Å². The molecule has 6 heteroatoms. The molecule has 21 heavy (non-hydrogen) atoms. The van der Waals surface area contributed by atoms with Crippen LogP contribution in [0.15, 0.2) is 23.1 Å². The third-order valence-corrected chi connectivity index (χ3v) is 4.62. The molecule has 0 fully saturated rings. The summed E-state index contributed by atoms with van der Waals surface area (Å²) in [5.74, 6) is -1.49. The number of carboxylic acid groups (broad SMARTS) is 1. The summed E-state index contributed by atoms with van der Waals surface area (Å²) >= 11 is 0. The number of carbonyl (C=O) groups is 2. The second-order valence-electron chi connectivity index (χ2n) is 4.85. The van der Waals surface area contributed by atoms with Crippen LogP contribution in [0.3, 0.4) is 0 Å². The van der Waals surface area contributed by atoms with Crippen molar-refractivity contribution in [1.29, 1.82) is 0 Å². The Labute approximate surface area is 127 Å². The first-order valence-corrected chi connectivity index (χ1v) is 8.22. The van der Waals surface area contributed by atoms with Gasteiger partial charge in [0.05, 0.1) is 16.4 Å². The van der Waals surface area contributed by atoms with Crippen molar-refractivity contribution < 1.29 is 18.9 Å². The molecule has 0 aliphatic rings. The van der Waals surface area contributed by atoms with E-state index in [1.165, 1.54) is 6.07 Å². The van der Waals surface area contributed by atoms with Gasteiger partial charge >= 0.3 is 5.97 Å². The van der Waals surface area contributed by atoms with Crippen LogP contribution in [0.1, 0.15) is 42.6 Å². The van der Waals surface area contributed by atoms with E-state index in [1.807, 2.05) is 13.8 Å². The minimum Gasteiger partial charge on any atom is -0.478 e. The van der Waals surface area contributed by atoms with Gasteiger partial charge in [0.2, 0.25) is 5.91 Å². The summed E-state index contributed by atoms with van der Waals surface area (Å²) in [6, 6.07) is 4.66. The number of aromatic carboxylic acids is 1. The lowest BCUT2D eigenvalue weighted by molar-refractivity contribution is -0.119. The summed E-state index contributed by atoms with van der Waals surface area (Å²) in [6.45, 7) is 5.63. The monoisotopic (exact) mass is 311 g/mol. The van der Waals surface area contributed by atoms with Crippen LogP contribution in [0.5, 0.6) is 0 Å². The van der Waals surface area contributed by atoms with Gasteiger partial charge in [-0.15, -0.1) is 0 Å². The zero-order valence-corrected chi connectivity index (χ0v) is 13.3. The van der Waals surface area contributed by atoms with Crippen molar-refractivity contribution in [2.45, 2.75) is 44.6 Å². The zero-order valence-electron chi connectivity index (χ0n) is 12.5. The van der Waals surface area contributed by atoms with Crippen molar-refractivity contribution >= 4 is 22.7 Å². The topological polar surface area (TPSA) is 83.5 Å². The molecule has 1 aromatic rings. The Morgan fingerprint density at radius 1 is 1.29 bits per heavy atom. The Kier molecular flexibility index (Phi) is 6.55. The van der Waals surface area contributed by atoms with Crippen LogP contribution >= 0.6 is 0 Å². The van der Waals surface area contributed by atoms with Crippen molar-refractivity contribution in [3.63, 3.8) is 0 Å². The van der Waals surface area contributed by atoms with Crippen molar-refractivity contribution in [2.24, 2.45) is 0 Å². The van der Waals surface area contributed by atoms with Gasteiger partial charge in [0.15, 0.2) is 0 Å². The lowest BCUT2D eigenvalue weighted by Crippen LogP contribution is -2.36. The average Bonchev–Trinajstić information content (AvgIpc) is 2.44. The first-order valence-electron chi connectivity index (χ1n) is 6.90. The molecule has 1 amide bonds. The van der Waals surface area contributed by atoms with Crippen molar-refractivity contribution in [3.8, 4) is 0 Å². The van der Waals surface area contributed by atoms with E-state index in [4.69, 9.17) is 5.11 Å². The van der Waals surface area contributed by atoms with Gasteiger partial charge in [-0.05, 0) is 37.5 Å². The largest absolute Gasteiger partial charge is 0.478 e. The maximum atomic E-state index is 12.2. The Balaban J connectivity index is 2.78. The van der Waals surface area contributed by atoms with Gasteiger partial charge in [0.1, 0.15) is 5.75 Å². The van der Waals surface area contributed by atoms with Crippen molar-refractivity contribution in [1.82, 2.24) is 5.32 Å². The van der Waals surface area contributed by atoms with Gasteiger partial charge in [-0.25, -0.2) is 4.79 Å². The molecule has 0 aromatic heterocycles. The van der Waals surface area contributed by atoms with Crippen molar-refractivity contribution in [2.75, 3.05) is 5.75 Å². The SMILES string of the molecule is CCC(CC)NC(=O)CS(=O)c1ccc(C)c(C(=O)O)c1. The van der Waals surface area contributed by atoms with Crippen LogP contribution in [0, 0.1) is 6.92 Å². The molecule has 0 bridgehead atoms. The number of carbonyl (C=O) groups excluding carboxylic acids is 1. The predicted octanol–water partition coefficient (Wildman–Crippen LogP) is 2.11. The van der Waals surface area contributed by atoms with Gasteiger partial charge in [-0.2, -0.15) is 0 Å². The molecule has 0 aliphatic carbocycles. The summed E-state index contributed by atoms with van der Waals surface area (Å²) in [4.78, 5) is 23.2. The van der Waals surface area contributed by atoms with Crippen LogP contribution in [0.25, 0.3) is 0 Å². The summed E-state index contributed by atoms with van der Waals surface area (Å²) in [5.41, 5.74) is 0.714. The Morgan fingerprint density at radius 3 is 2.43 bits per heavy atom. The van der Waals surface area contributed by atoms with Gasteiger partial charge in [-0.3, -0.25) is 9.00 Å². The zero-order chi connectivity index (χ0) is 16.0. The molecule has 1 unspecified atom stereocenters. The molecule has 0 spiro atoms. The number of nitrogens with one attached hydrogen (secondary N) is 1. The quantitative estimate of drug-likeness (QED) is 0.808. The highest BCUT2D eigenvalue weighted by molar-refractivity contribution is 7.85. The van der Waals surface area contributed by atoms with E-state index < -0.39 is 16.8 Å². The minimum atomic E-state index is -1.54. The summed E-state index contributed by atoms with van der Waals surface area (Å²) in [7, 11) is -1.54. The first kappa shape index (κ1) is 17.4. The lowest BCUT2D eigenvalue weighted by atomic mass is 10.1. The van der Waals surface area contributed by atoms with Crippen molar-refractivity contribution in [3.05, 3.63) is 29.3 Å². The van der Waals surface area contributed by atoms with Gasteiger partial charge in [-0.1, -0.05) is 19.9 Å². The standard InChI is InChI=1S/C15H21NO4S/c1-4-11(5-2)16-14(17)9-21(20)12-7-6-10(3)13(8-12)15(18)19/h6-8,11H,4-5,9H2,1-3H3,(H,16,17)(H,18,19). The molecule has 0 saturated heterocycles. The maximum absolute atomic E-state index is 12.2. The number of carboxylic acids is 1. The van der Waals surface area contributed by atoms with Crippen LogP contribution in [0.2, 0.25) is 0 Å². The number of rotatable bonds is 7. The van der Waals surface area contributed by atoms with E-state index in [9.17, 15) is 13.8 Å². The highest BCUT2D eigenvalue weighted by Crippen LogP contribution is 2.14.